The van der Waals surface area contributed by atoms with Crippen LogP contribution in [-0.4, -0.2) is 39.8 Å². The van der Waals surface area contributed by atoms with Gasteiger partial charge in [-0.1, -0.05) is 30.3 Å². The maximum atomic E-state index is 11.6. The summed E-state index contributed by atoms with van der Waals surface area (Å²) in [6, 6.07) is 8.89. The summed E-state index contributed by atoms with van der Waals surface area (Å²) in [6.45, 7) is 2.54. The smallest absolute Gasteiger partial charge is 0.325 e. The van der Waals surface area contributed by atoms with Crippen LogP contribution in [0.4, 0.5) is 0 Å². The van der Waals surface area contributed by atoms with Crippen LogP contribution >= 0.6 is 0 Å². The number of likely N-dealkylation sites (tertiary alicyclic amines) is 1. The number of carboxylic acids is 1. The zero-order valence-electron chi connectivity index (χ0n) is 11.2. The normalized spacial score (nSPS) is 23.2. The fraction of sp³-hybridized carbons (Fsp3) is 0.533. The van der Waals surface area contributed by atoms with Crippen molar-refractivity contribution in [1.82, 2.24) is 4.90 Å². The van der Waals surface area contributed by atoms with Crippen molar-refractivity contribution < 1.29 is 15.0 Å². The minimum Gasteiger partial charge on any atom is -0.480 e. The SMILES string of the molecule is CC(O)CC1CCCN1C(C(=O)O)c1ccccc1. The summed E-state index contributed by atoms with van der Waals surface area (Å²) >= 11 is 0. The molecule has 0 aromatic heterocycles. The lowest BCUT2D eigenvalue weighted by Crippen LogP contribution is -2.39. The third kappa shape index (κ3) is 3.33. The number of aliphatic carboxylic acids is 1. The summed E-state index contributed by atoms with van der Waals surface area (Å²) in [5.74, 6) is -0.816. The van der Waals surface area contributed by atoms with E-state index >= 15 is 0 Å². The molecule has 4 heteroatoms. The summed E-state index contributed by atoms with van der Waals surface area (Å²) in [5.41, 5.74) is 0.812. The van der Waals surface area contributed by atoms with Gasteiger partial charge in [0.25, 0.3) is 0 Å². The van der Waals surface area contributed by atoms with E-state index in [0.29, 0.717) is 6.42 Å². The Morgan fingerprint density at radius 3 is 2.68 bits per heavy atom. The molecule has 1 fully saturated rings. The van der Waals surface area contributed by atoms with Crippen LogP contribution in [-0.2, 0) is 4.79 Å². The monoisotopic (exact) mass is 263 g/mol. The van der Waals surface area contributed by atoms with Gasteiger partial charge in [-0.25, -0.2) is 0 Å². The predicted molar refractivity (Wildman–Crippen MR) is 72.8 cm³/mol. The van der Waals surface area contributed by atoms with Crippen LogP contribution in [0.2, 0.25) is 0 Å². The maximum absolute atomic E-state index is 11.6. The van der Waals surface area contributed by atoms with E-state index in [0.717, 1.165) is 24.9 Å². The molecule has 1 saturated heterocycles. The van der Waals surface area contributed by atoms with E-state index in [4.69, 9.17) is 0 Å². The van der Waals surface area contributed by atoms with Gasteiger partial charge in [0.05, 0.1) is 6.10 Å². The van der Waals surface area contributed by atoms with E-state index in [1.807, 2.05) is 35.2 Å². The quantitative estimate of drug-likeness (QED) is 0.853. The van der Waals surface area contributed by atoms with Crippen LogP contribution < -0.4 is 0 Å². The van der Waals surface area contributed by atoms with Gasteiger partial charge in [-0.05, 0) is 38.3 Å². The van der Waals surface area contributed by atoms with E-state index in [9.17, 15) is 15.0 Å². The molecule has 0 aliphatic carbocycles. The molecule has 1 aliphatic rings. The highest BCUT2D eigenvalue weighted by Gasteiger charge is 2.36. The van der Waals surface area contributed by atoms with Crippen LogP contribution in [0.3, 0.4) is 0 Å². The number of hydrogen-bond acceptors (Lipinski definition) is 3. The van der Waals surface area contributed by atoms with Crippen LogP contribution in [0, 0.1) is 0 Å². The molecule has 0 amide bonds. The van der Waals surface area contributed by atoms with Gasteiger partial charge in [0.15, 0.2) is 0 Å². The number of aliphatic hydroxyl groups is 1. The zero-order valence-corrected chi connectivity index (χ0v) is 11.2. The summed E-state index contributed by atoms with van der Waals surface area (Å²) < 4.78 is 0. The Kier molecular flexibility index (Phi) is 4.56. The van der Waals surface area contributed by atoms with Gasteiger partial charge in [0.2, 0.25) is 0 Å². The van der Waals surface area contributed by atoms with Gasteiger partial charge >= 0.3 is 5.97 Å². The Morgan fingerprint density at radius 1 is 1.42 bits per heavy atom. The second-order valence-electron chi connectivity index (χ2n) is 5.27. The Bertz CT molecular complexity index is 419. The first kappa shape index (κ1) is 14.0. The molecule has 0 bridgehead atoms. The van der Waals surface area contributed by atoms with Crippen LogP contribution in [0.1, 0.15) is 37.8 Å². The van der Waals surface area contributed by atoms with Gasteiger partial charge < -0.3 is 10.2 Å². The molecule has 0 spiro atoms. The minimum atomic E-state index is -0.816. The largest absolute Gasteiger partial charge is 0.480 e. The zero-order chi connectivity index (χ0) is 13.8. The summed E-state index contributed by atoms with van der Waals surface area (Å²) in [7, 11) is 0. The second kappa shape index (κ2) is 6.17. The molecule has 2 rings (SSSR count). The first-order chi connectivity index (χ1) is 9.09. The van der Waals surface area contributed by atoms with E-state index < -0.39 is 18.1 Å². The summed E-state index contributed by atoms with van der Waals surface area (Å²) in [5, 5.41) is 19.1. The van der Waals surface area contributed by atoms with Gasteiger partial charge in [0.1, 0.15) is 6.04 Å². The van der Waals surface area contributed by atoms with Crippen molar-refractivity contribution in [3.8, 4) is 0 Å². The maximum Gasteiger partial charge on any atom is 0.325 e. The molecule has 1 aromatic rings. The number of hydrogen-bond donors (Lipinski definition) is 2. The van der Waals surface area contributed by atoms with Crippen molar-refractivity contribution in [2.45, 2.75) is 44.4 Å². The van der Waals surface area contributed by atoms with E-state index in [-0.39, 0.29) is 6.04 Å². The Morgan fingerprint density at radius 2 is 2.11 bits per heavy atom. The van der Waals surface area contributed by atoms with Crippen molar-refractivity contribution in [3.05, 3.63) is 35.9 Å². The molecule has 4 nitrogen and oxygen atoms in total. The van der Waals surface area contributed by atoms with Crippen molar-refractivity contribution in [3.63, 3.8) is 0 Å². The van der Waals surface area contributed by atoms with Gasteiger partial charge in [-0.15, -0.1) is 0 Å². The number of carbonyl (C=O) groups is 1. The highest BCUT2D eigenvalue weighted by atomic mass is 16.4. The van der Waals surface area contributed by atoms with Crippen LogP contribution in [0.25, 0.3) is 0 Å². The summed E-state index contributed by atoms with van der Waals surface area (Å²) in [6.07, 6.45) is 2.20. The fourth-order valence-electron chi connectivity index (χ4n) is 2.96. The lowest BCUT2D eigenvalue weighted by atomic mass is 10.0. The van der Waals surface area contributed by atoms with Crippen LogP contribution in [0.5, 0.6) is 0 Å². The number of aliphatic hydroxyl groups excluding tert-OH is 1. The van der Waals surface area contributed by atoms with E-state index in [1.54, 1.807) is 6.92 Å². The molecule has 1 aromatic carbocycles. The third-order valence-corrected chi connectivity index (χ3v) is 3.72. The van der Waals surface area contributed by atoms with Crippen LogP contribution in [0.15, 0.2) is 30.3 Å². The summed E-state index contributed by atoms with van der Waals surface area (Å²) in [4.78, 5) is 13.6. The van der Waals surface area contributed by atoms with Crippen molar-refractivity contribution in [2.75, 3.05) is 6.54 Å². The molecule has 104 valence electrons. The Hall–Kier alpha value is -1.39. The van der Waals surface area contributed by atoms with E-state index in [2.05, 4.69) is 0 Å². The van der Waals surface area contributed by atoms with Gasteiger partial charge in [-0.3, -0.25) is 9.69 Å². The molecule has 1 aliphatic heterocycles. The molecular weight excluding hydrogens is 242 g/mol. The van der Waals surface area contributed by atoms with Crippen molar-refractivity contribution >= 4 is 5.97 Å². The van der Waals surface area contributed by atoms with E-state index in [1.165, 1.54) is 0 Å². The molecule has 0 radical (unpaired) electrons. The third-order valence-electron chi connectivity index (χ3n) is 3.72. The van der Waals surface area contributed by atoms with Gasteiger partial charge in [-0.2, -0.15) is 0 Å². The number of carboxylic acid groups (broad SMARTS) is 1. The average Bonchev–Trinajstić information content (AvgIpc) is 2.78. The second-order valence-corrected chi connectivity index (χ2v) is 5.27. The average molecular weight is 263 g/mol. The number of nitrogens with zero attached hydrogens (tertiary/aromatic N) is 1. The highest BCUT2D eigenvalue weighted by molar-refractivity contribution is 5.75. The lowest BCUT2D eigenvalue weighted by Gasteiger charge is -2.31. The molecule has 1 heterocycles. The molecule has 3 atom stereocenters. The molecular formula is C15H21NO3. The first-order valence-electron chi connectivity index (χ1n) is 6.81. The highest BCUT2D eigenvalue weighted by Crippen LogP contribution is 2.31. The Labute approximate surface area is 113 Å². The molecule has 0 saturated carbocycles. The molecule has 19 heavy (non-hydrogen) atoms. The first-order valence-corrected chi connectivity index (χ1v) is 6.81. The van der Waals surface area contributed by atoms with Crippen molar-refractivity contribution in [2.24, 2.45) is 0 Å². The topological polar surface area (TPSA) is 60.8 Å². The number of benzene rings is 1. The van der Waals surface area contributed by atoms with Crippen molar-refractivity contribution in [1.29, 1.82) is 0 Å². The predicted octanol–water partition coefficient (Wildman–Crippen LogP) is 2.05. The minimum absolute atomic E-state index is 0.154. The standard InChI is InChI=1S/C15H21NO3/c1-11(17)10-13-8-5-9-16(13)14(15(18)19)12-6-3-2-4-7-12/h2-4,6-7,11,13-14,17H,5,8-10H2,1H3,(H,18,19). The molecule has 2 N–H and O–H groups in total. The molecule has 3 unspecified atom stereocenters. The number of rotatable bonds is 5. The van der Waals surface area contributed by atoms with Gasteiger partial charge in [0, 0.05) is 6.04 Å². The fourth-order valence-corrected chi connectivity index (χ4v) is 2.96. The lowest BCUT2D eigenvalue weighted by molar-refractivity contribution is -0.144. The Balaban J connectivity index is 2.22.